The first-order chi connectivity index (χ1) is 9.77. The summed E-state index contributed by atoms with van der Waals surface area (Å²) in [6, 6.07) is 2.35. The average molecular weight is 295 g/mol. The second kappa shape index (κ2) is 6.51. The molecule has 0 aliphatic carbocycles. The largest absolute Gasteiger partial charge is 0.507 e. The van der Waals surface area contributed by atoms with Gasteiger partial charge >= 0.3 is 11.7 Å². The number of aryl methyl sites for hydroxylation is 1. The van der Waals surface area contributed by atoms with Crippen LogP contribution in [0.2, 0.25) is 0 Å². The number of hydrogen-bond donors (Lipinski definition) is 2. The van der Waals surface area contributed by atoms with Gasteiger partial charge in [-0.15, -0.1) is 0 Å². The SMILES string of the molecule is CCOC(=O)C(=O)C=C(O)c1cc(C)cc([N+](=O)[O-])c1O. The number of benzene rings is 1. The van der Waals surface area contributed by atoms with Gasteiger partial charge in [-0.3, -0.25) is 14.9 Å². The fourth-order valence-electron chi connectivity index (χ4n) is 1.56. The van der Waals surface area contributed by atoms with Crippen LogP contribution in [0.3, 0.4) is 0 Å². The number of carbonyl (C=O) groups is 2. The van der Waals surface area contributed by atoms with Gasteiger partial charge in [0.25, 0.3) is 5.78 Å². The minimum atomic E-state index is -1.18. The van der Waals surface area contributed by atoms with E-state index in [-0.39, 0.29) is 12.2 Å². The van der Waals surface area contributed by atoms with Crippen LogP contribution in [0.15, 0.2) is 18.2 Å². The third-order valence-corrected chi connectivity index (χ3v) is 2.45. The summed E-state index contributed by atoms with van der Waals surface area (Å²) in [6.07, 6.45) is 0.538. The minimum Gasteiger partial charge on any atom is -0.507 e. The fraction of sp³-hybridized carbons (Fsp3) is 0.231. The molecule has 8 nitrogen and oxygen atoms in total. The Morgan fingerprint density at radius 2 is 2.05 bits per heavy atom. The van der Waals surface area contributed by atoms with Crippen molar-refractivity contribution in [2.75, 3.05) is 6.61 Å². The molecule has 0 aliphatic heterocycles. The lowest BCUT2D eigenvalue weighted by Gasteiger charge is -2.06. The van der Waals surface area contributed by atoms with Crippen LogP contribution in [-0.2, 0) is 14.3 Å². The van der Waals surface area contributed by atoms with E-state index >= 15 is 0 Å². The highest BCUT2D eigenvalue weighted by molar-refractivity contribution is 6.39. The third kappa shape index (κ3) is 3.78. The summed E-state index contributed by atoms with van der Waals surface area (Å²) in [5.41, 5.74) is -0.550. The number of esters is 1. The Labute approximate surface area is 119 Å². The van der Waals surface area contributed by atoms with Gasteiger partial charge in [0.2, 0.25) is 5.75 Å². The number of carbonyl (C=O) groups excluding carboxylic acids is 2. The maximum Gasteiger partial charge on any atom is 0.379 e. The van der Waals surface area contributed by atoms with Gasteiger partial charge in [0.05, 0.1) is 17.1 Å². The van der Waals surface area contributed by atoms with Crippen molar-refractivity contribution in [1.29, 1.82) is 0 Å². The number of aromatic hydroxyl groups is 1. The number of nitro groups is 1. The number of phenolic OH excluding ortho intramolecular Hbond substituents is 1. The van der Waals surface area contributed by atoms with Crippen LogP contribution in [-0.4, -0.2) is 33.5 Å². The number of aliphatic hydroxyl groups is 1. The monoisotopic (exact) mass is 295 g/mol. The fourth-order valence-corrected chi connectivity index (χ4v) is 1.56. The lowest BCUT2D eigenvalue weighted by molar-refractivity contribution is -0.385. The molecule has 8 heteroatoms. The molecule has 0 bridgehead atoms. The molecule has 0 fully saturated rings. The quantitative estimate of drug-likeness (QED) is 0.211. The van der Waals surface area contributed by atoms with Crippen LogP contribution in [0.25, 0.3) is 5.76 Å². The first-order valence-corrected chi connectivity index (χ1v) is 5.88. The Morgan fingerprint density at radius 1 is 1.43 bits per heavy atom. The number of phenols is 1. The van der Waals surface area contributed by atoms with Crippen LogP contribution in [0.1, 0.15) is 18.1 Å². The zero-order valence-corrected chi connectivity index (χ0v) is 11.3. The smallest absolute Gasteiger partial charge is 0.379 e. The summed E-state index contributed by atoms with van der Waals surface area (Å²) in [5.74, 6) is -3.88. The molecule has 0 aromatic heterocycles. The molecule has 112 valence electrons. The molecular formula is C13H13NO7. The van der Waals surface area contributed by atoms with Crippen molar-refractivity contribution in [2.24, 2.45) is 0 Å². The summed E-state index contributed by atoms with van der Waals surface area (Å²) in [7, 11) is 0. The van der Waals surface area contributed by atoms with Crippen molar-refractivity contribution in [1.82, 2.24) is 0 Å². The Hall–Kier alpha value is -2.90. The molecule has 0 spiro atoms. The molecule has 1 aromatic rings. The Balaban J connectivity index is 3.24. The number of hydrogen-bond acceptors (Lipinski definition) is 7. The number of ketones is 1. The molecule has 0 aliphatic rings. The highest BCUT2D eigenvalue weighted by Gasteiger charge is 2.22. The molecule has 21 heavy (non-hydrogen) atoms. The van der Waals surface area contributed by atoms with Crippen LogP contribution in [0, 0.1) is 17.0 Å². The van der Waals surface area contributed by atoms with E-state index in [0.29, 0.717) is 11.6 Å². The van der Waals surface area contributed by atoms with Crippen molar-refractivity contribution in [3.63, 3.8) is 0 Å². The van der Waals surface area contributed by atoms with Crippen LogP contribution >= 0.6 is 0 Å². The molecule has 0 atom stereocenters. The van der Waals surface area contributed by atoms with Crippen molar-refractivity contribution in [3.05, 3.63) is 39.4 Å². The van der Waals surface area contributed by atoms with E-state index in [1.165, 1.54) is 19.9 Å². The first kappa shape index (κ1) is 16.2. The molecular weight excluding hydrogens is 282 g/mol. The Kier molecular flexibility index (Phi) is 5.01. The molecule has 0 unspecified atom stereocenters. The Bertz CT molecular complexity index is 634. The average Bonchev–Trinajstić information content (AvgIpc) is 2.40. The summed E-state index contributed by atoms with van der Waals surface area (Å²) >= 11 is 0. The van der Waals surface area contributed by atoms with Crippen LogP contribution in [0.4, 0.5) is 5.69 Å². The number of ether oxygens (including phenoxy) is 1. The van der Waals surface area contributed by atoms with Gasteiger partial charge in [0, 0.05) is 12.1 Å². The van der Waals surface area contributed by atoms with Gasteiger partial charge < -0.3 is 14.9 Å². The van der Waals surface area contributed by atoms with E-state index in [1.54, 1.807) is 0 Å². The summed E-state index contributed by atoms with van der Waals surface area (Å²) in [4.78, 5) is 32.5. The lowest BCUT2D eigenvalue weighted by Crippen LogP contribution is -2.15. The summed E-state index contributed by atoms with van der Waals surface area (Å²) < 4.78 is 4.44. The zero-order chi connectivity index (χ0) is 16.2. The molecule has 0 radical (unpaired) electrons. The van der Waals surface area contributed by atoms with Gasteiger partial charge in [0.1, 0.15) is 5.76 Å². The van der Waals surface area contributed by atoms with Gasteiger partial charge in [-0.1, -0.05) is 0 Å². The van der Waals surface area contributed by atoms with Gasteiger partial charge in [0.15, 0.2) is 0 Å². The maximum atomic E-state index is 11.4. The predicted octanol–water partition coefficient (Wildman–Crippen LogP) is 1.64. The van der Waals surface area contributed by atoms with E-state index in [4.69, 9.17) is 0 Å². The standard InChI is InChI=1S/C13H13NO7/c1-3-21-13(18)11(16)6-10(15)8-4-7(2)5-9(12(8)17)14(19)20/h4-6,15,17H,3H2,1-2H3. The normalized spacial score (nSPS) is 11.0. The molecule has 0 amide bonds. The number of aliphatic hydroxyl groups excluding tert-OH is 1. The van der Waals surface area contributed by atoms with E-state index in [1.807, 2.05) is 0 Å². The van der Waals surface area contributed by atoms with Crippen LogP contribution < -0.4 is 0 Å². The lowest BCUT2D eigenvalue weighted by atomic mass is 10.1. The first-order valence-electron chi connectivity index (χ1n) is 5.88. The summed E-state index contributed by atoms with van der Waals surface area (Å²) in [6.45, 7) is 3.00. The summed E-state index contributed by atoms with van der Waals surface area (Å²) in [5, 5.41) is 30.3. The highest BCUT2D eigenvalue weighted by Crippen LogP contribution is 2.34. The Morgan fingerprint density at radius 3 is 2.57 bits per heavy atom. The highest BCUT2D eigenvalue weighted by atomic mass is 16.6. The van der Waals surface area contributed by atoms with Crippen molar-refractivity contribution >= 4 is 23.2 Å². The predicted molar refractivity (Wildman–Crippen MR) is 71.7 cm³/mol. The second-order valence-corrected chi connectivity index (χ2v) is 4.05. The topological polar surface area (TPSA) is 127 Å². The number of rotatable bonds is 5. The molecule has 0 saturated heterocycles. The third-order valence-electron chi connectivity index (χ3n) is 2.45. The van der Waals surface area contributed by atoms with E-state index in [0.717, 1.165) is 6.07 Å². The zero-order valence-electron chi connectivity index (χ0n) is 11.3. The van der Waals surface area contributed by atoms with Crippen molar-refractivity contribution in [3.8, 4) is 5.75 Å². The number of nitrogens with zero attached hydrogens (tertiary/aromatic N) is 1. The van der Waals surface area contributed by atoms with Gasteiger partial charge in [-0.25, -0.2) is 4.79 Å². The van der Waals surface area contributed by atoms with E-state index in [2.05, 4.69) is 4.74 Å². The molecule has 1 rings (SSSR count). The maximum absolute atomic E-state index is 11.4. The van der Waals surface area contributed by atoms with Crippen molar-refractivity contribution in [2.45, 2.75) is 13.8 Å². The van der Waals surface area contributed by atoms with E-state index < -0.39 is 33.9 Å². The number of nitro benzene ring substituents is 1. The van der Waals surface area contributed by atoms with E-state index in [9.17, 15) is 29.9 Å². The van der Waals surface area contributed by atoms with Gasteiger partial charge in [-0.05, 0) is 25.5 Å². The second-order valence-electron chi connectivity index (χ2n) is 4.05. The van der Waals surface area contributed by atoms with Crippen LogP contribution in [0.5, 0.6) is 5.75 Å². The molecule has 2 N–H and O–H groups in total. The minimum absolute atomic E-state index is 0.0135. The molecule has 0 saturated carbocycles. The molecule has 1 aromatic carbocycles. The van der Waals surface area contributed by atoms with Crippen molar-refractivity contribution < 1.29 is 29.5 Å². The van der Waals surface area contributed by atoms with Gasteiger partial charge in [-0.2, -0.15) is 0 Å². The molecule has 0 heterocycles.